The molecule has 0 atom stereocenters. The van der Waals surface area contributed by atoms with Crippen molar-refractivity contribution < 1.29 is 14.3 Å². The molecule has 0 aliphatic rings. The zero-order valence-corrected chi connectivity index (χ0v) is 17.8. The maximum atomic E-state index is 12.5. The fraction of sp³-hybridized carbons (Fsp3) is 0.250. The van der Waals surface area contributed by atoms with Crippen LogP contribution in [0, 0.1) is 0 Å². The van der Waals surface area contributed by atoms with E-state index in [1.165, 1.54) is 0 Å². The molecule has 0 radical (unpaired) electrons. The highest BCUT2D eigenvalue weighted by Gasteiger charge is 2.14. The van der Waals surface area contributed by atoms with Crippen LogP contribution in [-0.4, -0.2) is 47.9 Å². The molecule has 6 nitrogen and oxygen atoms in total. The van der Waals surface area contributed by atoms with Crippen LogP contribution in [0.2, 0.25) is 0 Å². The summed E-state index contributed by atoms with van der Waals surface area (Å²) in [5, 5.41) is 4.79. The van der Waals surface area contributed by atoms with Gasteiger partial charge < -0.3 is 14.4 Å². The lowest BCUT2D eigenvalue weighted by Gasteiger charge is -2.15. The van der Waals surface area contributed by atoms with Crippen molar-refractivity contribution in [2.24, 2.45) is 0 Å². The number of hydrogen-bond acceptors (Lipinski definition) is 4. The van der Waals surface area contributed by atoms with E-state index in [4.69, 9.17) is 14.6 Å². The second-order valence-corrected chi connectivity index (χ2v) is 6.63. The van der Waals surface area contributed by atoms with Crippen molar-refractivity contribution >= 4 is 12.0 Å². The molecule has 1 amide bonds. The van der Waals surface area contributed by atoms with Gasteiger partial charge in [0.25, 0.3) is 0 Å². The van der Waals surface area contributed by atoms with Crippen LogP contribution in [-0.2, 0) is 4.79 Å². The van der Waals surface area contributed by atoms with E-state index in [1.807, 2.05) is 79.3 Å². The summed E-state index contributed by atoms with van der Waals surface area (Å²) in [5.74, 6) is 1.25. The minimum absolute atomic E-state index is 0.0225. The highest BCUT2D eigenvalue weighted by Crippen LogP contribution is 2.33. The van der Waals surface area contributed by atoms with E-state index >= 15 is 0 Å². The molecule has 3 aromatic rings. The summed E-state index contributed by atoms with van der Waals surface area (Å²) in [4.78, 5) is 14.2. The fourth-order valence-corrected chi connectivity index (χ4v) is 3.23. The van der Waals surface area contributed by atoms with Crippen LogP contribution in [0.15, 0.2) is 60.8 Å². The first-order valence-electron chi connectivity index (χ1n) is 9.95. The zero-order chi connectivity index (χ0) is 21.5. The highest BCUT2D eigenvalue weighted by molar-refractivity contribution is 5.93. The van der Waals surface area contributed by atoms with Crippen molar-refractivity contribution in [1.29, 1.82) is 0 Å². The molecule has 0 aliphatic carbocycles. The van der Waals surface area contributed by atoms with Gasteiger partial charge in [0.1, 0.15) is 5.69 Å². The third-order valence-electron chi connectivity index (χ3n) is 4.90. The van der Waals surface area contributed by atoms with E-state index in [0.29, 0.717) is 24.6 Å². The maximum Gasteiger partial charge on any atom is 0.246 e. The predicted octanol–water partition coefficient (Wildman–Crippen LogP) is 4.44. The average molecular weight is 405 g/mol. The van der Waals surface area contributed by atoms with Gasteiger partial charge in [0.05, 0.1) is 19.9 Å². The quantitative estimate of drug-likeness (QED) is 0.520. The maximum absolute atomic E-state index is 12.5. The lowest BCUT2D eigenvalue weighted by molar-refractivity contribution is -0.125. The van der Waals surface area contributed by atoms with Crippen LogP contribution in [0.3, 0.4) is 0 Å². The molecule has 6 heteroatoms. The van der Waals surface area contributed by atoms with Gasteiger partial charge >= 0.3 is 0 Å². The predicted molar refractivity (Wildman–Crippen MR) is 119 cm³/mol. The molecule has 0 unspecified atom stereocenters. The number of carbonyl (C=O) groups is 1. The Morgan fingerprint density at radius 3 is 2.37 bits per heavy atom. The van der Waals surface area contributed by atoms with Crippen LogP contribution in [0.1, 0.15) is 19.4 Å². The van der Waals surface area contributed by atoms with Crippen LogP contribution in [0.25, 0.3) is 23.0 Å². The molecular weight excluding hydrogens is 378 g/mol. The van der Waals surface area contributed by atoms with Crippen molar-refractivity contribution in [2.45, 2.75) is 13.8 Å². The smallest absolute Gasteiger partial charge is 0.246 e. The number of likely N-dealkylation sites (N-methyl/N-ethyl adjacent to an activating group) is 1. The summed E-state index contributed by atoms with van der Waals surface area (Å²) in [6.07, 6.45) is 5.34. The first-order chi connectivity index (χ1) is 14.6. The summed E-state index contributed by atoms with van der Waals surface area (Å²) >= 11 is 0. The molecule has 1 heterocycles. The molecular formula is C24H27N3O3. The van der Waals surface area contributed by atoms with E-state index < -0.39 is 0 Å². The number of amides is 1. The number of rotatable bonds is 8. The third kappa shape index (κ3) is 4.54. The van der Waals surface area contributed by atoms with Gasteiger partial charge in [-0.15, -0.1) is 0 Å². The molecule has 0 saturated carbocycles. The number of ether oxygens (including phenoxy) is 2. The number of carbonyl (C=O) groups excluding carboxylic acids is 1. The van der Waals surface area contributed by atoms with Gasteiger partial charge in [0, 0.05) is 36.5 Å². The number of para-hydroxylation sites is 1. The van der Waals surface area contributed by atoms with Gasteiger partial charge in [-0.05, 0) is 50.3 Å². The summed E-state index contributed by atoms with van der Waals surface area (Å²) in [6, 6.07) is 15.5. The topological polar surface area (TPSA) is 56.6 Å². The molecule has 0 spiro atoms. The first kappa shape index (κ1) is 21.2. The summed E-state index contributed by atoms with van der Waals surface area (Å²) in [5.41, 5.74) is 3.40. The standard InChI is InChI=1S/C24H27N3O3/c1-5-26(6-2)23(28)15-13-19-17-27(20-10-8-7-9-11-20)25-24(19)18-12-14-21(29-3)22(16-18)30-4/h7-17H,5-6H2,1-4H3. The Morgan fingerprint density at radius 1 is 1.03 bits per heavy atom. The Morgan fingerprint density at radius 2 is 1.73 bits per heavy atom. The Balaban J connectivity index is 2.07. The van der Waals surface area contributed by atoms with E-state index in [2.05, 4.69) is 0 Å². The third-order valence-corrected chi connectivity index (χ3v) is 4.90. The molecule has 1 aromatic heterocycles. The van der Waals surface area contributed by atoms with Crippen molar-refractivity contribution in [3.05, 3.63) is 66.4 Å². The zero-order valence-electron chi connectivity index (χ0n) is 17.8. The van der Waals surface area contributed by atoms with E-state index in [1.54, 1.807) is 25.2 Å². The van der Waals surface area contributed by atoms with Crippen molar-refractivity contribution in [3.63, 3.8) is 0 Å². The van der Waals surface area contributed by atoms with Gasteiger partial charge in [-0.2, -0.15) is 5.10 Å². The molecule has 2 aromatic carbocycles. The Hall–Kier alpha value is -3.54. The van der Waals surface area contributed by atoms with Crippen molar-refractivity contribution in [2.75, 3.05) is 27.3 Å². The number of aromatic nitrogens is 2. The second-order valence-electron chi connectivity index (χ2n) is 6.63. The highest BCUT2D eigenvalue weighted by atomic mass is 16.5. The summed E-state index contributed by atoms with van der Waals surface area (Å²) < 4.78 is 12.6. The Bertz CT molecular complexity index is 1020. The summed E-state index contributed by atoms with van der Waals surface area (Å²) in [6.45, 7) is 5.28. The SMILES string of the molecule is CCN(CC)C(=O)C=Cc1cn(-c2ccccc2)nc1-c1ccc(OC)c(OC)c1. The molecule has 0 fully saturated rings. The number of benzene rings is 2. The van der Waals surface area contributed by atoms with Crippen molar-refractivity contribution in [1.82, 2.24) is 14.7 Å². The fourth-order valence-electron chi connectivity index (χ4n) is 3.23. The number of nitrogens with zero attached hydrogens (tertiary/aromatic N) is 3. The molecule has 0 aliphatic heterocycles. The Kier molecular flexibility index (Phi) is 6.91. The first-order valence-corrected chi connectivity index (χ1v) is 9.95. The molecule has 0 N–H and O–H groups in total. The van der Waals surface area contributed by atoms with Crippen LogP contribution < -0.4 is 9.47 Å². The van der Waals surface area contributed by atoms with E-state index in [9.17, 15) is 4.79 Å². The minimum atomic E-state index is -0.0225. The van der Waals surface area contributed by atoms with Gasteiger partial charge in [-0.3, -0.25) is 4.79 Å². The number of hydrogen-bond donors (Lipinski definition) is 0. The minimum Gasteiger partial charge on any atom is -0.493 e. The second kappa shape index (κ2) is 9.78. The lowest BCUT2D eigenvalue weighted by atomic mass is 10.1. The van der Waals surface area contributed by atoms with E-state index in [-0.39, 0.29) is 5.91 Å². The van der Waals surface area contributed by atoms with Gasteiger partial charge in [-0.1, -0.05) is 18.2 Å². The Labute approximate surface area is 177 Å². The van der Waals surface area contributed by atoms with Crippen LogP contribution in [0.5, 0.6) is 11.5 Å². The average Bonchev–Trinajstić information content (AvgIpc) is 3.23. The normalized spacial score (nSPS) is 10.9. The molecule has 0 bridgehead atoms. The molecule has 0 saturated heterocycles. The number of methoxy groups -OCH3 is 2. The monoisotopic (exact) mass is 405 g/mol. The molecule has 30 heavy (non-hydrogen) atoms. The van der Waals surface area contributed by atoms with Gasteiger partial charge in [0.2, 0.25) is 5.91 Å². The largest absolute Gasteiger partial charge is 0.493 e. The van der Waals surface area contributed by atoms with Gasteiger partial charge in [-0.25, -0.2) is 4.68 Å². The molecule has 3 rings (SSSR count). The molecule has 156 valence electrons. The van der Waals surface area contributed by atoms with Crippen LogP contribution in [0.4, 0.5) is 0 Å². The lowest BCUT2D eigenvalue weighted by Crippen LogP contribution is -2.28. The summed E-state index contributed by atoms with van der Waals surface area (Å²) in [7, 11) is 3.21. The van der Waals surface area contributed by atoms with Crippen LogP contribution >= 0.6 is 0 Å². The van der Waals surface area contributed by atoms with Gasteiger partial charge in [0.15, 0.2) is 11.5 Å². The van der Waals surface area contributed by atoms with Crippen molar-refractivity contribution in [3.8, 4) is 28.4 Å². The van der Waals surface area contributed by atoms with E-state index in [0.717, 1.165) is 22.5 Å².